The average molecular weight is 1140 g/mol. The molecule has 25 heteroatoms. The molecule has 81 heavy (non-hydrogen) atoms. The SMILES string of the molecule is CNC(=O)COc1cc2cc(Nc3nc(N4CCC(Cc5cn(CCOCCOCCOCC(=O)N[C@H](C(=O)N6C[C@H](O)C[C@H]6C(=O)N[C@@H](C)c6ccc(-c7ocnc7C)cc6)C(C)(C)C)nn5)CC4)ncc3Cl)ccc2n(C)c1=O. The minimum absolute atomic E-state index is 0.0419. The second kappa shape index (κ2) is 27.3. The molecule has 4 atom stereocenters. The van der Waals surface area contributed by atoms with E-state index in [9.17, 15) is 29.1 Å². The lowest BCUT2D eigenvalue weighted by Crippen LogP contribution is -2.58. The van der Waals surface area contributed by atoms with Crippen molar-refractivity contribution in [1.82, 2.24) is 55.4 Å². The maximum atomic E-state index is 14.1. The first-order valence-electron chi connectivity index (χ1n) is 27.1. The van der Waals surface area contributed by atoms with Gasteiger partial charge in [0.1, 0.15) is 23.7 Å². The van der Waals surface area contributed by atoms with Crippen LogP contribution in [-0.2, 0) is 53.4 Å². The Hall–Kier alpha value is -7.51. The maximum Gasteiger partial charge on any atom is 0.293 e. The van der Waals surface area contributed by atoms with Crippen LogP contribution in [0.2, 0.25) is 5.02 Å². The number of ether oxygens (including phenoxy) is 4. The zero-order valence-electron chi connectivity index (χ0n) is 46.8. The molecule has 0 aliphatic carbocycles. The largest absolute Gasteiger partial charge is 0.478 e. The van der Waals surface area contributed by atoms with Crippen LogP contribution in [-0.4, -0.2) is 159 Å². The van der Waals surface area contributed by atoms with Gasteiger partial charge < -0.3 is 64.1 Å². The molecule has 0 unspecified atom stereocenters. The van der Waals surface area contributed by atoms with Crippen LogP contribution in [0.25, 0.3) is 22.2 Å². The minimum atomic E-state index is -0.993. The van der Waals surface area contributed by atoms with Crippen molar-refractivity contribution in [3.05, 3.63) is 99.6 Å². The summed E-state index contributed by atoms with van der Waals surface area (Å²) < 4.78 is 31.2. The summed E-state index contributed by atoms with van der Waals surface area (Å²) in [6, 6.07) is 12.4. The first-order valence-corrected chi connectivity index (χ1v) is 27.5. The number of rotatable bonds is 25. The highest BCUT2D eigenvalue weighted by atomic mass is 35.5. The highest BCUT2D eigenvalue weighted by Gasteiger charge is 2.45. The second-order valence-electron chi connectivity index (χ2n) is 21.4. The Morgan fingerprint density at radius 1 is 0.926 bits per heavy atom. The monoisotopic (exact) mass is 1140 g/mol. The highest BCUT2D eigenvalue weighted by Crippen LogP contribution is 2.31. The molecule has 24 nitrogen and oxygen atoms in total. The lowest BCUT2D eigenvalue weighted by atomic mass is 9.85. The lowest BCUT2D eigenvalue weighted by molar-refractivity contribution is -0.144. The molecule has 2 fully saturated rings. The number of likely N-dealkylation sites (tertiary alicyclic amines) is 1. The van der Waals surface area contributed by atoms with Crippen molar-refractivity contribution in [3.8, 4) is 17.1 Å². The number of aromatic nitrogens is 7. The molecule has 0 saturated carbocycles. The van der Waals surface area contributed by atoms with Gasteiger partial charge in [0.2, 0.25) is 23.7 Å². The summed E-state index contributed by atoms with van der Waals surface area (Å²) in [5.74, 6) is 0.423. The number of oxazole rings is 1. The fourth-order valence-electron chi connectivity index (χ4n) is 9.74. The summed E-state index contributed by atoms with van der Waals surface area (Å²) in [4.78, 5) is 82.3. The Morgan fingerprint density at radius 2 is 1.65 bits per heavy atom. The van der Waals surface area contributed by atoms with Crippen molar-refractivity contribution in [3.63, 3.8) is 0 Å². The molecule has 8 rings (SSSR count). The van der Waals surface area contributed by atoms with Crippen LogP contribution in [0.5, 0.6) is 5.75 Å². The number of β-amino-alcohol motifs (C(OH)–C–C–N with tert-alkyl or cyclic N) is 1. The first-order chi connectivity index (χ1) is 38.8. The Labute approximate surface area is 474 Å². The fraction of sp³-hybridized carbons (Fsp3) is 0.500. The molecular weight excluding hydrogens is 1070 g/mol. The molecule has 4 aromatic heterocycles. The van der Waals surface area contributed by atoms with Crippen LogP contribution in [0.15, 0.2) is 76.5 Å². The lowest BCUT2D eigenvalue weighted by Gasteiger charge is -2.35. The van der Waals surface area contributed by atoms with Gasteiger partial charge in [-0.1, -0.05) is 61.9 Å². The van der Waals surface area contributed by atoms with Gasteiger partial charge in [-0.15, -0.1) is 5.10 Å². The molecule has 0 radical (unpaired) electrons. The van der Waals surface area contributed by atoms with E-state index in [1.54, 1.807) is 24.0 Å². The fourth-order valence-corrected chi connectivity index (χ4v) is 9.88. The summed E-state index contributed by atoms with van der Waals surface area (Å²) in [5, 5.41) is 32.0. The number of piperidine rings is 1. The number of amides is 4. The number of benzene rings is 2. The van der Waals surface area contributed by atoms with Crippen LogP contribution >= 0.6 is 11.6 Å². The van der Waals surface area contributed by atoms with E-state index in [4.69, 9.17) is 39.9 Å². The minimum Gasteiger partial charge on any atom is -0.478 e. The third-order valence-electron chi connectivity index (χ3n) is 14.3. The van der Waals surface area contributed by atoms with Gasteiger partial charge >= 0.3 is 0 Å². The van der Waals surface area contributed by atoms with Crippen molar-refractivity contribution in [2.24, 2.45) is 18.4 Å². The molecular formula is C56H72ClN13O11. The first kappa shape index (κ1) is 59.6. The third kappa shape index (κ3) is 15.7. The number of carbonyl (C=O) groups excluding carboxylic acids is 4. The number of aliphatic hydroxyl groups excluding tert-OH is 1. The molecule has 434 valence electrons. The van der Waals surface area contributed by atoms with Crippen molar-refractivity contribution in [1.29, 1.82) is 0 Å². The van der Waals surface area contributed by atoms with Gasteiger partial charge in [-0.2, -0.15) is 4.98 Å². The van der Waals surface area contributed by atoms with Crippen molar-refractivity contribution >= 4 is 63.6 Å². The number of hydrogen-bond acceptors (Lipinski definition) is 18. The van der Waals surface area contributed by atoms with Gasteiger partial charge in [0.25, 0.3) is 11.5 Å². The zero-order chi connectivity index (χ0) is 57.8. The Morgan fingerprint density at radius 3 is 2.36 bits per heavy atom. The molecule has 0 spiro atoms. The predicted molar refractivity (Wildman–Crippen MR) is 301 cm³/mol. The molecule has 4 amide bonds. The van der Waals surface area contributed by atoms with E-state index >= 15 is 0 Å². The van der Waals surface area contributed by atoms with E-state index < -0.39 is 47.4 Å². The van der Waals surface area contributed by atoms with Gasteiger partial charge in [-0.05, 0) is 74.3 Å². The number of anilines is 3. The van der Waals surface area contributed by atoms with Crippen LogP contribution in [0.3, 0.4) is 0 Å². The number of likely N-dealkylation sites (N-methyl/N-ethyl adjacent to an activating group) is 1. The average Bonchev–Trinajstić information content (AvgIpc) is 4.21. The molecule has 2 aliphatic rings. The van der Waals surface area contributed by atoms with Crippen LogP contribution in [0.4, 0.5) is 17.5 Å². The number of halogens is 1. The predicted octanol–water partition coefficient (Wildman–Crippen LogP) is 4.28. The Bertz CT molecular complexity index is 3190. The summed E-state index contributed by atoms with van der Waals surface area (Å²) in [6.07, 6.45) is 6.70. The number of aryl methyl sites for hydroxylation is 2. The second-order valence-corrected chi connectivity index (χ2v) is 21.8. The molecule has 2 aromatic carbocycles. The Kier molecular flexibility index (Phi) is 20.1. The summed E-state index contributed by atoms with van der Waals surface area (Å²) in [7, 11) is 3.14. The molecule has 0 bridgehead atoms. The van der Waals surface area contributed by atoms with Crippen LogP contribution < -0.4 is 36.5 Å². The van der Waals surface area contributed by atoms with E-state index in [2.05, 4.69) is 46.4 Å². The standard InChI is InChI=1S/C56H72ClN13O11/c1-34(37-8-10-38(11-9-37)49-35(2)60-33-81-49)61-52(74)45-27-42(71)30-70(45)54(76)50(56(3,4)5)63-48(73)31-79-23-22-78-21-20-77-19-18-69-29-41(65-66-69)24-36-14-16-68(17-15-36)55-59-28-43(57)51(64-55)62-40-12-13-44-39(25-40)26-46(53(75)67(44)7)80-32-47(72)58-6/h8-13,25-26,28-29,33-34,36,42,45,50,71H,14-24,27,30-32H2,1-7H3,(H,58,72)(H,61,74)(H,63,73)(H,59,62,64)/t34-,42+,45-,50+/m0/s1. The van der Waals surface area contributed by atoms with Gasteiger partial charge in [0, 0.05) is 63.0 Å². The number of nitrogens with zero attached hydrogens (tertiary/aromatic N) is 9. The number of fused-ring (bicyclic) bond motifs is 1. The van der Waals surface area contributed by atoms with Crippen LogP contribution in [0.1, 0.15) is 70.0 Å². The van der Waals surface area contributed by atoms with Crippen molar-refractivity contribution < 1.29 is 47.6 Å². The molecule has 2 aliphatic heterocycles. The van der Waals surface area contributed by atoms with Gasteiger partial charge in [-0.25, -0.2) is 14.6 Å². The van der Waals surface area contributed by atoms with Gasteiger partial charge in [0.15, 0.2) is 30.3 Å². The number of carbonyl (C=O) groups is 4. The number of hydrogen-bond donors (Lipinski definition) is 5. The van der Waals surface area contributed by atoms with E-state index in [-0.39, 0.29) is 56.6 Å². The Balaban J connectivity index is 0.694. The third-order valence-corrected chi connectivity index (χ3v) is 14.6. The van der Waals surface area contributed by atoms with Crippen molar-refractivity contribution in [2.45, 2.75) is 91.1 Å². The van der Waals surface area contributed by atoms with Crippen LogP contribution in [0, 0.1) is 18.3 Å². The molecule has 6 aromatic rings. The highest BCUT2D eigenvalue weighted by molar-refractivity contribution is 6.33. The maximum absolute atomic E-state index is 14.1. The smallest absolute Gasteiger partial charge is 0.293 e. The normalized spacial score (nSPS) is 16.6. The van der Waals surface area contributed by atoms with E-state index in [0.29, 0.717) is 66.0 Å². The number of nitrogens with one attached hydrogen (secondary N) is 4. The van der Waals surface area contributed by atoms with E-state index in [1.807, 2.05) is 83.3 Å². The van der Waals surface area contributed by atoms with Gasteiger partial charge in [-0.3, -0.25) is 24.0 Å². The summed E-state index contributed by atoms with van der Waals surface area (Å²) in [6.45, 7) is 12.0. The molecule has 6 heterocycles. The number of pyridine rings is 1. The zero-order valence-corrected chi connectivity index (χ0v) is 47.5. The van der Waals surface area contributed by atoms with Crippen molar-refractivity contribution in [2.75, 3.05) is 83.1 Å². The van der Waals surface area contributed by atoms with E-state index in [1.165, 1.54) is 22.9 Å². The summed E-state index contributed by atoms with van der Waals surface area (Å²) >= 11 is 6.56. The van der Waals surface area contributed by atoms with E-state index in [0.717, 1.165) is 60.3 Å². The molecule has 2 saturated heterocycles. The number of aliphatic hydroxyl groups is 1. The summed E-state index contributed by atoms with van der Waals surface area (Å²) in [5.41, 5.74) is 3.68. The van der Waals surface area contributed by atoms with Gasteiger partial charge in [0.05, 0.1) is 74.8 Å². The molecule has 5 N–H and O–H groups in total. The topological polar surface area (TPSA) is 285 Å². The quantitative estimate of drug-likeness (QED) is 0.0500.